The third-order valence-corrected chi connectivity index (χ3v) is 9.21. The summed E-state index contributed by atoms with van der Waals surface area (Å²) in [7, 11) is 0. The van der Waals surface area contributed by atoms with Gasteiger partial charge in [0.05, 0.1) is 11.7 Å². The summed E-state index contributed by atoms with van der Waals surface area (Å²) in [6.07, 6.45) is 1.53. The zero-order valence-corrected chi connectivity index (χ0v) is 27.5. The molecular weight excluding hydrogens is 572 g/mol. The second kappa shape index (κ2) is 15.9. The molecule has 0 saturated carbocycles. The summed E-state index contributed by atoms with van der Waals surface area (Å²) in [5.41, 5.74) is 14.7. The van der Waals surface area contributed by atoms with Gasteiger partial charge >= 0.3 is 0 Å². The molecule has 0 aliphatic rings. The van der Waals surface area contributed by atoms with Crippen LogP contribution in [0.2, 0.25) is 0 Å². The van der Waals surface area contributed by atoms with Crippen LogP contribution in [-0.4, -0.2) is 51.1 Å². The predicted molar refractivity (Wildman–Crippen MR) is 178 cm³/mol. The molecule has 0 radical (unpaired) electrons. The van der Waals surface area contributed by atoms with Crippen LogP contribution in [0.3, 0.4) is 0 Å². The molecule has 3 aromatic rings. The Kier molecular flexibility index (Phi) is 12.6. The van der Waals surface area contributed by atoms with Crippen molar-refractivity contribution in [1.82, 2.24) is 10.3 Å². The van der Waals surface area contributed by atoms with Crippen molar-refractivity contribution in [3.63, 3.8) is 0 Å². The summed E-state index contributed by atoms with van der Waals surface area (Å²) in [6, 6.07) is 19.2. The normalized spacial score (nSPS) is 14.0. The first-order valence-electron chi connectivity index (χ1n) is 15.2. The Hall–Kier alpha value is -3.59. The Bertz CT molecular complexity index is 1420. The number of carbonyl (C=O) groups excluding carboxylic acids is 3. The van der Waals surface area contributed by atoms with Gasteiger partial charge in [0, 0.05) is 51.7 Å². The monoisotopic (exact) mass is 619 g/mol. The van der Waals surface area contributed by atoms with Crippen LogP contribution < -0.4 is 11.1 Å². The van der Waals surface area contributed by atoms with Gasteiger partial charge in [0.25, 0.3) is 0 Å². The van der Waals surface area contributed by atoms with Crippen molar-refractivity contribution in [2.75, 3.05) is 12.3 Å². The molecule has 44 heavy (non-hydrogen) atoms. The topological polar surface area (TPSA) is 155 Å². The second-order valence-corrected chi connectivity index (χ2v) is 14.9. The molecule has 1 amide bonds. The van der Waals surface area contributed by atoms with Crippen LogP contribution in [0.4, 0.5) is 0 Å². The summed E-state index contributed by atoms with van der Waals surface area (Å²) in [5, 5.41) is 7.78. The average molecular weight is 620 g/mol. The highest BCUT2D eigenvalue weighted by Crippen LogP contribution is 2.28. The van der Waals surface area contributed by atoms with Crippen LogP contribution in [0.1, 0.15) is 65.1 Å². The molecule has 5 N–H and O–H groups in total. The number of aromatic amines is 1. The van der Waals surface area contributed by atoms with Gasteiger partial charge in [0.1, 0.15) is 5.78 Å². The fourth-order valence-corrected chi connectivity index (χ4v) is 6.18. The summed E-state index contributed by atoms with van der Waals surface area (Å²) < 4.78 is 0.00262. The highest BCUT2D eigenvalue weighted by Gasteiger charge is 2.38. The van der Waals surface area contributed by atoms with Gasteiger partial charge in [-0.1, -0.05) is 74.4 Å². The van der Waals surface area contributed by atoms with E-state index in [1.165, 1.54) is 0 Å². The van der Waals surface area contributed by atoms with E-state index in [9.17, 15) is 14.4 Å². The van der Waals surface area contributed by atoms with Crippen molar-refractivity contribution in [1.29, 1.82) is 0 Å². The molecule has 0 saturated heterocycles. The predicted octanol–water partition coefficient (Wildman–Crippen LogP) is 5.84. The molecule has 1 heterocycles. The SMILES string of the molecule is CC(C)(C)SC[C@H]([NH3+])C(=O)C[C@@H](Cc1cc2ccccc2[nH]1)C(=O)NC(C)(C)[C@@H](Cc1ccccc1)C(=O)CCCN=[N+]=[N-]. The van der Waals surface area contributed by atoms with E-state index in [1.807, 2.05) is 74.5 Å². The van der Waals surface area contributed by atoms with Crippen LogP contribution in [0.25, 0.3) is 21.3 Å². The molecule has 0 fully saturated rings. The van der Waals surface area contributed by atoms with Crippen LogP contribution in [0.5, 0.6) is 0 Å². The Balaban J connectivity index is 1.85. The molecule has 3 atom stereocenters. The van der Waals surface area contributed by atoms with Crippen molar-refractivity contribution < 1.29 is 20.1 Å². The van der Waals surface area contributed by atoms with Crippen LogP contribution in [0, 0.1) is 11.8 Å². The van der Waals surface area contributed by atoms with E-state index in [1.54, 1.807) is 11.8 Å². The van der Waals surface area contributed by atoms with Gasteiger partial charge in [-0.2, -0.15) is 0 Å². The molecule has 0 spiro atoms. The number of thioether (sulfide) groups is 1. The van der Waals surface area contributed by atoms with Crippen LogP contribution >= 0.6 is 11.8 Å². The number of amides is 1. The summed E-state index contributed by atoms with van der Waals surface area (Å²) >= 11 is 1.69. The van der Waals surface area contributed by atoms with E-state index in [0.717, 1.165) is 22.2 Å². The number of nitrogens with one attached hydrogen (secondary N) is 2. The maximum Gasteiger partial charge on any atom is 0.224 e. The fourth-order valence-electron chi connectivity index (χ4n) is 5.29. The lowest BCUT2D eigenvalue weighted by atomic mass is 9.78. The number of benzene rings is 2. The minimum absolute atomic E-state index is 0.00262. The molecule has 0 aliphatic heterocycles. The third kappa shape index (κ3) is 10.8. The molecule has 2 aromatic carbocycles. The Morgan fingerprint density at radius 3 is 2.34 bits per heavy atom. The highest BCUT2D eigenvalue weighted by atomic mass is 32.2. The number of para-hydroxylation sites is 1. The number of nitrogens with zero attached hydrogens (tertiary/aromatic N) is 3. The van der Waals surface area contributed by atoms with Gasteiger partial charge in [0.15, 0.2) is 11.8 Å². The summed E-state index contributed by atoms with van der Waals surface area (Å²) in [4.78, 5) is 47.2. The molecule has 1 aromatic heterocycles. The molecule has 236 valence electrons. The van der Waals surface area contributed by atoms with Gasteiger partial charge in [-0.15, -0.1) is 11.8 Å². The van der Waals surface area contributed by atoms with Crippen LogP contribution in [0.15, 0.2) is 65.8 Å². The average Bonchev–Trinajstić information content (AvgIpc) is 3.38. The molecule has 0 aliphatic carbocycles. The quantitative estimate of drug-likeness (QED) is 0.0751. The number of H-pyrrole nitrogens is 1. The number of ketones is 2. The molecule has 9 nitrogen and oxygen atoms in total. The second-order valence-electron chi connectivity index (χ2n) is 13.1. The van der Waals surface area contributed by atoms with Gasteiger partial charge in [-0.3, -0.25) is 14.4 Å². The largest absolute Gasteiger partial charge is 0.358 e. The number of hydrogen-bond donors (Lipinski definition) is 3. The molecule has 0 bridgehead atoms. The van der Waals surface area contributed by atoms with Gasteiger partial charge in [-0.05, 0) is 61.7 Å². The smallest absolute Gasteiger partial charge is 0.224 e. The third-order valence-electron chi connectivity index (χ3n) is 7.78. The highest BCUT2D eigenvalue weighted by molar-refractivity contribution is 8.00. The number of quaternary nitrogens is 1. The van der Waals surface area contributed by atoms with E-state index >= 15 is 0 Å². The van der Waals surface area contributed by atoms with Gasteiger partial charge in [0.2, 0.25) is 5.91 Å². The molecule has 3 rings (SSSR count). The zero-order valence-electron chi connectivity index (χ0n) is 26.6. The first-order valence-corrected chi connectivity index (χ1v) is 16.2. The van der Waals surface area contributed by atoms with Crippen molar-refractivity contribution in [3.8, 4) is 0 Å². The Morgan fingerprint density at radius 1 is 1.00 bits per heavy atom. The first kappa shape index (κ1) is 34.9. The summed E-state index contributed by atoms with van der Waals surface area (Å²) in [5.74, 6) is -0.904. The number of azide groups is 1. The van der Waals surface area contributed by atoms with E-state index in [0.29, 0.717) is 25.0 Å². The minimum Gasteiger partial charge on any atom is -0.358 e. The van der Waals surface area contributed by atoms with Crippen molar-refractivity contribution in [3.05, 3.63) is 82.4 Å². The standard InChI is InChI=1S/C34H46N6O3S/c1-33(2,3)44-22-28(35)31(42)21-25(20-26-19-24-14-9-10-15-29(24)38-26)32(43)39-34(4,5)27(18-23-12-7-6-8-13-23)30(41)16-11-17-37-40-36/h6-10,12-15,19,25,27-28,38H,11,16-18,20-22,35H2,1-5H3,(H,39,43)/p+1/t25-,27+,28+/m1/s1. The van der Waals surface area contributed by atoms with Crippen LogP contribution in [-0.2, 0) is 27.2 Å². The number of fused-ring (bicyclic) bond motifs is 1. The van der Waals surface area contributed by atoms with Crippen molar-refractivity contribution >= 4 is 40.1 Å². The van der Waals surface area contributed by atoms with Gasteiger partial charge < -0.3 is 16.0 Å². The number of hydrogen-bond acceptors (Lipinski definition) is 5. The fraction of sp³-hybridized carbons (Fsp3) is 0.500. The number of carbonyl (C=O) groups is 3. The maximum absolute atomic E-state index is 14.1. The Labute approximate surface area is 264 Å². The van der Waals surface area contributed by atoms with E-state index in [-0.39, 0.29) is 41.6 Å². The van der Waals surface area contributed by atoms with Gasteiger partial charge in [-0.25, -0.2) is 0 Å². The Morgan fingerprint density at radius 2 is 1.68 bits per heavy atom. The first-order chi connectivity index (χ1) is 20.8. The maximum atomic E-state index is 14.1. The van der Waals surface area contributed by atoms with Crippen molar-refractivity contribution in [2.45, 2.75) is 83.1 Å². The van der Waals surface area contributed by atoms with E-state index in [2.05, 4.69) is 46.8 Å². The van der Waals surface area contributed by atoms with Crippen molar-refractivity contribution in [2.24, 2.45) is 17.0 Å². The minimum atomic E-state index is -0.907. The molecule has 0 unspecified atom stereocenters. The number of rotatable bonds is 17. The lowest BCUT2D eigenvalue weighted by Crippen LogP contribution is -2.67. The summed E-state index contributed by atoms with van der Waals surface area (Å²) in [6.45, 7) is 10.3. The number of aromatic nitrogens is 1. The van der Waals surface area contributed by atoms with E-state index in [4.69, 9.17) is 5.53 Å². The molecule has 10 heteroatoms. The zero-order chi connectivity index (χ0) is 32.3. The number of Topliss-reactive ketones (excluding diaryl/α,β-unsaturated/α-hetero) is 2. The lowest BCUT2D eigenvalue weighted by molar-refractivity contribution is -0.396. The lowest BCUT2D eigenvalue weighted by Gasteiger charge is -2.36. The van der Waals surface area contributed by atoms with E-state index < -0.39 is 23.4 Å². The molecular formula is C34H47N6O3S+.